The zero-order valence-corrected chi connectivity index (χ0v) is 16.2. The molecule has 1 amide bonds. The molecule has 0 aliphatic carbocycles. The van der Waals surface area contributed by atoms with Crippen molar-refractivity contribution in [2.45, 2.75) is 32.5 Å². The molecule has 0 saturated carbocycles. The number of hydrogen-bond acceptors (Lipinski definition) is 5. The van der Waals surface area contributed by atoms with Gasteiger partial charge in [0.2, 0.25) is 11.1 Å². The molecule has 3 aromatic rings. The van der Waals surface area contributed by atoms with Crippen molar-refractivity contribution in [1.82, 2.24) is 19.7 Å². The van der Waals surface area contributed by atoms with Gasteiger partial charge in [0.15, 0.2) is 0 Å². The van der Waals surface area contributed by atoms with Gasteiger partial charge in [-0.2, -0.15) is 5.26 Å². The van der Waals surface area contributed by atoms with Crippen molar-refractivity contribution in [1.29, 1.82) is 5.26 Å². The standard InChI is InChI=1S/C19H20N6OS/c1-12-13(2)25(10-15-7-5-4-6-8-15)18(16(12)9-20)22-17(26)11-27-19-21-14(3)23-24-19/h4-8H,10-11H2,1-3H3,(H,22,26)(H,21,23,24). The van der Waals surface area contributed by atoms with Gasteiger partial charge in [0.25, 0.3) is 0 Å². The summed E-state index contributed by atoms with van der Waals surface area (Å²) in [6.45, 7) is 6.24. The fraction of sp³-hybridized carbons (Fsp3) is 0.263. The zero-order valence-electron chi connectivity index (χ0n) is 15.4. The molecule has 8 heteroatoms. The van der Waals surface area contributed by atoms with Crippen LogP contribution in [-0.2, 0) is 11.3 Å². The molecule has 138 valence electrons. The van der Waals surface area contributed by atoms with Crippen molar-refractivity contribution in [3.63, 3.8) is 0 Å². The summed E-state index contributed by atoms with van der Waals surface area (Å²) < 4.78 is 1.97. The van der Waals surface area contributed by atoms with Crippen LogP contribution >= 0.6 is 11.8 Å². The van der Waals surface area contributed by atoms with E-state index in [4.69, 9.17) is 0 Å². The summed E-state index contributed by atoms with van der Waals surface area (Å²) in [4.78, 5) is 16.6. The molecular weight excluding hydrogens is 360 g/mol. The number of nitrogens with zero attached hydrogens (tertiary/aromatic N) is 4. The number of carbonyl (C=O) groups excluding carboxylic acids is 1. The van der Waals surface area contributed by atoms with Gasteiger partial charge in [0.05, 0.1) is 11.3 Å². The second-order valence-electron chi connectivity index (χ2n) is 6.16. The van der Waals surface area contributed by atoms with E-state index in [1.807, 2.05) is 48.7 Å². The fourth-order valence-corrected chi connectivity index (χ4v) is 3.42. The Morgan fingerprint density at radius 2 is 2.04 bits per heavy atom. The lowest BCUT2D eigenvalue weighted by Crippen LogP contribution is -2.18. The molecule has 0 aliphatic rings. The van der Waals surface area contributed by atoms with Crippen LogP contribution in [0.25, 0.3) is 0 Å². The first kappa shape index (κ1) is 18.7. The summed E-state index contributed by atoms with van der Waals surface area (Å²) in [5.41, 5.74) is 3.43. The van der Waals surface area contributed by atoms with Crippen LogP contribution in [0.15, 0.2) is 35.5 Å². The van der Waals surface area contributed by atoms with Crippen LogP contribution in [0.4, 0.5) is 5.82 Å². The fourth-order valence-electron chi connectivity index (χ4n) is 2.78. The second-order valence-corrected chi connectivity index (χ2v) is 7.10. The normalized spacial score (nSPS) is 10.6. The van der Waals surface area contributed by atoms with Crippen LogP contribution in [0.1, 0.15) is 28.2 Å². The van der Waals surface area contributed by atoms with Crippen molar-refractivity contribution in [2.24, 2.45) is 0 Å². The number of hydrogen-bond donors (Lipinski definition) is 2. The number of H-pyrrole nitrogens is 1. The Morgan fingerprint density at radius 1 is 1.30 bits per heavy atom. The third-order valence-corrected chi connectivity index (χ3v) is 5.14. The van der Waals surface area contributed by atoms with E-state index in [2.05, 4.69) is 26.6 Å². The summed E-state index contributed by atoms with van der Waals surface area (Å²) in [5, 5.41) is 19.8. The van der Waals surface area contributed by atoms with Gasteiger partial charge in [-0.3, -0.25) is 9.89 Å². The molecule has 3 rings (SSSR count). The first-order valence-corrected chi connectivity index (χ1v) is 9.43. The Hall–Kier alpha value is -3.05. The van der Waals surface area contributed by atoms with Gasteiger partial charge in [-0.15, -0.1) is 5.10 Å². The van der Waals surface area contributed by atoms with Crippen LogP contribution in [0.2, 0.25) is 0 Å². The Labute approximate surface area is 161 Å². The number of amides is 1. The highest BCUT2D eigenvalue weighted by atomic mass is 32.2. The van der Waals surface area contributed by atoms with E-state index in [-0.39, 0.29) is 11.7 Å². The lowest BCUT2D eigenvalue weighted by Gasteiger charge is -2.13. The van der Waals surface area contributed by atoms with Crippen molar-refractivity contribution in [3.05, 3.63) is 58.5 Å². The summed E-state index contributed by atoms with van der Waals surface area (Å²) in [5.74, 6) is 1.20. The Morgan fingerprint density at radius 3 is 2.67 bits per heavy atom. The minimum absolute atomic E-state index is 0.163. The first-order chi connectivity index (χ1) is 13.0. The number of aromatic amines is 1. The summed E-state index contributed by atoms with van der Waals surface area (Å²) in [7, 11) is 0. The Balaban J connectivity index is 1.81. The quantitative estimate of drug-likeness (QED) is 0.640. The molecule has 27 heavy (non-hydrogen) atoms. The predicted octanol–water partition coefficient (Wildman–Crippen LogP) is 3.18. The number of aryl methyl sites for hydroxylation is 1. The van der Waals surface area contributed by atoms with E-state index in [9.17, 15) is 10.1 Å². The second kappa shape index (κ2) is 8.10. The summed E-state index contributed by atoms with van der Waals surface area (Å²) in [6.07, 6.45) is 0. The molecule has 2 N–H and O–H groups in total. The number of thioether (sulfide) groups is 1. The number of nitrogens with one attached hydrogen (secondary N) is 2. The van der Waals surface area contributed by atoms with Gasteiger partial charge in [0.1, 0.15) is 17.7 Å². The van der Waals surface area contributed by atoms with Crippen molar-refractivity contribution < 1.29 is 4.79 Å². The van der Waals surface area contributed by atoms with Gasteiger partial charge in [-0.25, -0.2) is 4.98 Å². The number of anilines is 1. The highest BCUT2D eigenvalue weighted by molar-refractivity contribution is 7.99. The average molecular weight is 380 g/mol. The molecule has 1 aromatic carbocycles. The maximum Gasteiger partial charge on any atom is 0.235 e. The molecule has 0 atom stereocenters. The molecular formula is C19H20N6OS. The molecule has 0 spiro atoms. The van der Waals surface area contributed by atoms with Crippen LogP contribution in [-0.4, -0.2) is 31.4 Å². The summed E-state index contributed by atoms with van der Waals surface area (Å²) in [6, 6.07) is 12.2. The number of aromatic nitrogens is 4. The lowest BCUT2D eigenvalue weighted by atomic mass is 10.2. The third-order valence-electron chi connectivity index (χ3n) is 4.29. The molecule has 0 fully saturated rings. The highest BCUT2D eigenvalue weighted by Crippen LogP contribution is 2.27. The number of rotatable bonds is 6. The number of nitriles is 1. The zero-order chi connectivity index (χ0) is 19.4. The van der Waals surface area contributed by atoms with E-state index in [0.29, 0.717) is 28.9 Å². The van der Waals surface area contributed by atoms with Crippen LogP contribution < -0.4 is 5.32 Å². The predicted molar refractivity (Wildman–Crippen MR) is 105 cm³/mol. The molecule has 7 nitrogen and oxygen atoms in total. The Kier molecular flexibility index (Phi) is 5.62. The van der Waals surface area contributed by atoms with Crippen molar-refractivity contribution in [2.75, 3.05) is 11.1 Å². The molecule has 2 aromatic heterocycles. The Bertz CT molecular complexity index is 999. The highest BCUT2D eigenvalue weighted by Gasteiger charge is 2.20. The van der Waals surface area contributed by atoms with Crippen LogP contribution in [0.5, 0.6) is 0 Å². The van der Waals surface area contributed by atoms with Crippen molar-refractivity contribution in [3.8, 4) is 6.07 Å². The van der Waals surface area contributed by atoms with E-state index < -0.39 is 0 Å². The van der Waals surface area contributed by atoms with E-state index in [1.54, 1.807) is 6.92 Å². The van der Waals surface area contributed by atoms with Gasteiger partial charge in [-0.05, 0) is 31.9 Å². The van der Waals surface area contributed by atoms with Gasteiger partial charge >= 0.3 is 0 Å². The largest absolute Gasteiger partial charge is 0.326 e. The molecule has 0 unspecified atom stereocenters. The van der Waals surface area contributed by atoms with Crippen LogP contribution in [0.3, 0.4) is 0 Å². The SMILES string of the molecule is Cc1nc(SCC(=O)Nc2c(C#N)c(C)c(C)n2Cc2ccccc2)n[nH]1. The minimum atomic E-state index is -0.203. The third kappa shape index (κ3) is 4.20. The van der Waals surface area contributed by atoms with Crippen LogP contribution in [0, 0.1) is 32.1 Å². The number of carbonyl (C=O) groups is 1. The van der Waals surface area contributed by atoms with Gasteiger partial charge in [0, 0.05) is 12.2 Å². The van der Waals surface area contributed by atoms with E-state index in [0.717, 1.165) is 16.8 Å². The summed E-state index contributed by atoms with van der Waals surface area (Å²) >= 11 is 1.25. The maximum absolute atomic E-state index is 12.5. The monoisotopic (exact) mass is 380 g/mol. The first-order valence-electron chi connectivity index (χ1n) is 8.45. The average Bonchev–Trinajstić information content (AvgIpc) is 3.18. The molecule has 0 aliphatic heterocycles. The topological polar surface area (TPSA) is 99.4 Å². The smallest absolute Gasteiger partial charge is 0.235 e. The number of benzene rings is 1. The lowest BCUT2D eigenvalue weighted by molar-refractivity contribution is -0.113. The minimum Gasteiger partial charge on any atom is -0.326 e. The molecule has 0 bridgehead atoms. The molecule has 0 radical (unpaired) electrons. The van der Waals surface area contributed by atoms with Gasteiger partial charge in [-0.1, -0.05) is 42.1 Å². The van der Waals surface area contributed by atoms with E-state index >= 15 is 0 Å². The van der Waals surface area contributed by atoms with Gasteiger partial charge < -0.3 is 9.88 Å². The van der Waals surface area contributed by atoms with Crippen molar-refractivity contribution >= 4 is 23.5 Å². The molecule has 2 heterocycles. The maximum atomic E-state index is 12.5. The molecule has 0 saturated heterocycles. The van der Waals surface area contributed by atoms with E-state index in [1.165, 1.54) is 11.8 Å².